The highest BCUT2D eigenvalue weighted by molar-refractivity contribution is 5.54. The number of hydrogen-bond donors (Lipinski definition) is 10. The molecule has 30 heavy (non-hydrogen) atoms. The predicted octanol–water partition coefficient (Wildman–Crippen LogP) is -3.89. The highest BCUT2D eigenvalue weighted by atomic mass is 16.6. The molecule has 0 unspecified atom stereocenters. The van der Waals surface area contributed by atoms with Crippen LogP contribution in [0.1, 0.15) is 0 Å². The average Bonchev–Trinajstić information content (AvgIpc) is 2.75. The van der Waals surface area contributed by atoms with Gasteiger partial charge in [-0.3, -0.25) is 0 Å². The molecule has 12 nitrogen and oxygen atoms in total. The number of ether oxygens (including phenoxy) is 2. The fraction of sp³-hybridized carbons (Fsp3) is 0.667. The van der Waals surface area contributed by atoms with Gasteiger partial charge in [-0.05, 0) is 24.3 Å². The lowest BCUT2D eigenvalue weighted by Gasteiger charge is -2.40. The van der Waals surface area contributed by atoms with Crippen LogP contribution in [0.4, 0.5) is 11.4 Å². The molecule has 10 N–H and O–H groups in total. The summed E-state index contributed by atoms with van der Waals surface area (Å²) in [5.74, 6) is 0. The van der Waals surface area contributed by atoms with E-state index in [9.17, 15) is 40.9 Å². The quantitative estimate of drug-likeness (QED) is 0.210. The van der Waals surface area contributed by atoms with Crippen molar-refractivity contribution in [3.8, 4) is 0 Å². The zero-order valence-electron chi connectivity index (χ0n) is 15.9. The molecule has 2 aliphatic rings. The van der Waals surface area contributed by atoms with Crippen LogP contribution in [0.25, 0.3) is 0 Å². The molecule has 2 fully saturated rings. The third-order valence-electron chi connectivity index (χ3n) is 5.29. The number of rotatable bonds is 6. The van der Waals surface area contributed by atoms with E-state index in [4.69, 9.17) is 9.47 Å². The second-order valence-electron chi connectivity index (χ2n) is 7.36. The molecule has 1 aromatic carbocycles. The minimum atomic E-state index is -1.50. The first-order valence-electron chi connectivity index (χ1n) is 9.51. The van der Waals surface area contributed by atoms with Crippen LogP contribution in [0.3, 0.4) is 0 Å². The summed E-state index contributed by atoms with van der Waals surface area (Å²) in [7, 11) is 0. The van der Waals surface area contributed by atoms with Crippen LogP contribution < -0.4 is 10.6 Å². The molecule has 2 saturated heterocycles. The molecule has 0 amide bonds. The topological polar surface area (TPSA) is 204 Å². The molecule has 1 aromatic rings. The molecule has 0 aromatic heterocycles. The van der Waals surface area contributed by atoms with E-state index in [1.54, 1.807) is 24.3 Å². The predicted molar refractivity (Wildman–Crippen MR) is 101 cm³/mol. The van der Waals surface area contributed by atoms with E-state index < -0.39 is 74.5 Å². The summed E-state index contributed by atoms with van der Waals surface area (Å²) < 4.78 is 10.8. The Labute approximate surface area is 171 Å². The van der Waals surface area contributed by atoms with Gasteiger partial charge in [0.15, 0.2) is 12.5 Å². The van der Waals surface area contributed by atoms with Gasteiger partial charge in [0.25, 0.3) is 0 Å². The van der Waals surface area contributed by atoms with Gasteiger partial charge in [0, 0.05) is 11.4 Å². The molecular weight excluding hydrogens is 404 g/mol. The Morgan fingerprint density at radius 2 is 0.900 bits per heavy atom. The van der Waals surface area contributed by atoms with Crippen molar-refractivity contribution in [2.45, 2.75) is 61.3 Å². The third kappa shape index (κ3) is 4.68. The van der Waals surface area contributed by atoms with Crippen LogP contribution in [0.5, 0.6) is 0 Å². The number of hydrogen-bond acceptors (Lipinski definition) is 12. The van der Waals surface area contributed by atoms with Crippen LogP contribution in [0.2, 0.25) is 0 Å². The molecule has 10 atom stereocenters. The van der Waals surface area contributed by atoms with E-state index in [-0.39, 0.29) is 0 Å². The maximum absolute atomic E-state index is 10.1. The van der Waals surface area contributed by atoms with Gasteiger partial charge in [0.1, 0.15) is 48.8 Å². The average molecular weight is 432 g/mol. The first-order valence-corrected chi connectivity index (χ1v) is 9.51. The molecule has 170 valence electrons. The highest BCUT2D eigenvalue weighted by Gasteiger charge is 2.44. The largest absolute Gasteiger partial charge is 0.394 e. The van der Waals surface area contributed by atoms with E-state index >= 15 is 0 Å². The van der Waals surface area contributed by atoms with Gasteiger partial charge in [-0.15, -0.1) is 0 Å². The summed E-state index contributed by atoms with van der Waals surface area (Å²) in [6.45, 7) is -1.07. The molecule has 3 rings (SSSR count). The first kappa shape index (κ1) is 23.1. The Morgan fingerprint density at radius 3 is 1.20 bits per heavy atom. The fourth-order valence-electron chi connectivity index (χ4n) is 3.43. The fourth-order valence-corrected chi connectivity index (χ4v) is 3.43. The maximum atomic E-state index is 10.1. The van der Waals surface area contributed by atoms with Crippen LogP contribution in [0, 0.1) is 0 Å². The summed E-state index contributed by atoms with van der Waals surface area (Å²) in [6, 6.07) is 6.36. The summed E-state index contributed by atoms with van der Waals surface area (Å²) in [5.41, 5.74) is 0.970. The van der Waals surface area contributed by atoms with Crippen molar-refractivity contribution >= 4 is 11.4 Å². The molecule has 0 radical (unpaired) electrons. The number of aliphatic hydroxyl groups is 8. The van der Waals surface area contributed by atoms with Gasteiger partial charge in [-0.25, -0.2) is 0 Å². The second-order valence-corrected chi connectivity index (χ2v) is 7.36. The number of anilines is 2. The Kier molecular flexibility index (Phi) is 7.47. The highest BCUT2D eigenvalue weighted by Crippen LogP contribution is 2.26. The zero-order valence-corrected chi connectivity index (χ0v) is 15.9. The van der Waals surface area contributed by atoms with Crippen molar-refractivity contribution in [3.05, 3.63) is 24.3 Å². The van der Waals surface area contributed by atoms with Gasteiger partial charge < -0.3 is 61.0 Å². The maximum Gasteiger partial charge on any atom is 0.157 e. The molecule has 2 aliphatic heterocycles. The van der Waals surface area contributed by atoms with Crippen molar-refractivity contribution < 1.29 is 50.3 Å². The second kappa shape index (κ2) is 9.70. The number of nitrogens with one attached hydrogen (secondary N) is 2. The third-order valence-corrected chi connectivity index (χ3v) is 5.29. The van der Waals surface area contributed by atoms with Gasteiger partial charge >= 0.3 is 0 Å². The van der Waals surface area contributed by atoms with E-state index in [1.165, 1.54) is 0 Å². The molecule has 2 heterocycles. The van der Waals surface area contributed by atoms with E-state index in [0.29, 0.717) is 11.4 Å². The van der Waals surface area contributed by atoms with Crippen LogP contribution in [-0.4, -0.2) is 115 Å². The van der Waals surface area contributed by atoms with Gasteiger partial charge in [0.05, 0.1) is 13.2 Å². The lowest BCUT2D eigenvalue weighted by atomic mass is 9.98. The molecule has 0 saturated carbocycles. The van der Waals surface area contributed by atoms with E-state index in [1.807, 2.05) is 0 Å². The smallest absolute Gasteiger partial charge is 0.157 e. The van der Waals surface area contributed by atoms with Crippen LogP contribution >= 0.6 is 0 Å². The normalized spacial score (nSPS) is 42.0. The van der Waals surface area contributed by atoms with Gasteiger partial charge in [0.2, 0.25) is 0 Å². The van der Waals surface area contributed by atoms with Crippen molar-refractivity contribution in [3.63, 3.8) is 0 Å². The summed E-state index contributed by atoms with van der Waals surface area (Å²) in [4.78, 5) is 0. The lowest BCUT2D eigenvalue weighted by Crippen LogP contribution is -2.60. The standard InChI is InChI=1S/C18H28N2O10/c21-5-9-11(23)13(25)15(27)17(29-9)19-7-1-2-8(4-3-7)20-18-16(28)14(26)12(24)10(6-22)30-18/h1-4,9-28H,5-6H2/t9-,10+,11-,12-,13-,14-,15+,16-,17-,18+/m0/s1. The molecule has 12 heteroatoms. The Morgan fingerprint density at radius 1 is 0.567 bits per heavy atom. The van der Waals surface area contributed by atoms with Crippen molar-refractivity contribution in [2.24, 2.45) is 0 Å². The SMILES string of the molecule is OC[C@@H]1O[C@H](Nc2ccc(N[C@@H]3O[C@H](CO)[C@H](O)[C@H](O)[C@@H]3O)cc2)[C@H](O)[C@@H](O)[C@H]1O. The number of benzene rings is 1. The zero-order chi connectivity index (χ0) is 22.0. The molecule has 0 aliphatic carbocycles. The van der Waals surface area contributed by atoms with E-state index in [2.05, 4.69) is 10.6 Å². The monoisotopic (exact) mass is 432 g/mol. The summed E-state index contributed by atoms with van der Waals surface area (Å²) in [6.07, 6.45) is -13.0. The Balaban J connectivity index is 1.62. The Bertz CT molecular complexity index is 618. The van der Waals surface area contributed by atoms with Crippen molar-refractivity contribution in [2.75, 3.05) is 23.8 Å². The number of aliphatic hydroxyl groups excluding tert-OH is 8. The summed E-state index contributed by atoms with van der Waals surface area (Å²) >= 11 is 0. The Hall–Kier alpha value is -1.58. The first-order chi connectivity index (χ1) is 14.3. The lowest BCUT2D eigenvalue weighted by molar-refractivity contribution is -0.221. The van der Waals surface area contributed by atoms with Crippen LogP contribution in [-0.2, 0) is 9.47 Å². The minimum absolute atomic E-state index is 0.485. The van der Waals surface area contributed by atoms with Gasteiger partial charge in [-0.1, -0.05) is 0 Å². The van der Waals surface area contributed by atoms with E-state index in [0.717, 1.165) is 0 Å². The van der Waals surface area contributed by atoms with Crippen LogP contribution in [0.15, 0.2) is 24.3 Å². The molecule has 0 bridgehead atoms. The van der Waals surface area contributed by atoms with Gasteiger partial charge in [-0.2, -0.15) is 0 Å². The summed E-state index contributed by atoms with van der Waals surface area (Å²) in [5, 5.41) is 83.6. The van der Waals surface area contributed by atoms with Crippen molar-refractivity contribution in [1.29, 1.82) is 0 Å². The molecule has 0 spiro atoms. The molecular formula is C18H28N2O10. The van der Waals surface area contributed by atoms with Crippen molar-refractivity contribution in [1.82, 2.24) is 0 Å². The minimum Gasteiger partial charge on any atom is -0.394 e.